The van der Waals surface area contributed by atoms with E-state index in [9.17, 15) is 9.90 Å². The molecule has 168 valence electrons. The highest BCUT2D eigenvalue weighted by molar-refractivity contribution is 6.30. The molecule has 0 aliphatic heterocycles. The Morgan fingerprint density at radius 1 is 1.23 bits per heavy atom. The smallest absolute Gasteiger partial charge is 0.339 e. The third kappa shape index (κ3) is 8.84. The molecule has 2 aromatic rings. The number of para-hydroxylation sites is 2. The summed E-state index contributed by atoms with van der Waals surface area (Å²) in [4.78, 5) is 12.1. The molecule has 0 aliphatic carbocycles. The number of aliphatic hydroxyl groups is 1. The van der Waals surface area contributed by atoms with Crippen molar-refractivity contribution < 1.29 is 19.4 Å². The highest BCUT2D eigenvalue weighted by Gasteiger charge is 2.13. The Morgan fingerprint density at radius 3 is 2.68 bits per heavy atom. The van der Waals surface area contributed by atoms with E-state index in [2.05, 4.69) is 21.2 Å². The van der Waals surface area contributed by atoms with E-state index in [4.69, 9.17) is 21.1 Å². The van der Waals surface area contributed by atoms with Gasteiger partial charge < -0.3 is 25.2 Å². The summed E-state index contributed by atoms with van der Waals surface area (Å²) in [5.74, 6) is 1.02. The third-order valence-corrected chi connectivity index (χ3v) is 4.23. The van der Waals surface area contributed by atoms with E-state index in [0.717, 1.165) is 0 Å². The molecule has 0 aliphatic rings. The normalized spacial score (nSPS) is 12.5. The Hall–Kier alpha value is -2.81. The van der Waals surface area contributed by atoms with Crippen molar-refractivity contribution in [2.75, 3.05) is 25.6 Å². The number of aliphatic hydroxyl groups excluding tert-OH is 1. The summed E-state index contributed by atoms with van der Waals surface area (Å²) in [5, 5.41) is 20.4. The molecule has 0 fully saturated rings. The van der Waals surface area contributed by atoms with Crippen LogP contribution in [0.25, 0.3) is 0 Å². The quantitative estimate of drug-likeness (QED) is 0.346. The maximum Gasteiger partial charge on any atom is 0.339 e. The lowest BCUT2D eigenvalue weighted by atomic mass is 10.1. The number of amides is 2. The minimum Gasteiger partial charge on any atom is -0.495 e. The summed E-state index contributed by atoms with van der Waals surface area (Å²) in [6.07, 6.45) is 0.729. The number of urea groups is 1. The first-order chi connectivity index (χ1) is 14.7. The van der Waals surface area contributed by atoms with Gasteiger partial charge in [0, 0.05) is 22.7 Å². The number of carbonyl (C=O) groups excluding carboxylic acids is 1. The van der Waals surface area contributed by atoms with Crippen LogP contribution in [0.2, 0.25) is 5.02 Å². The largest absolute Gasteiger partial charge is 0.495 e. The van der Waals surface area contributed by atoms with Crippen LogP contribution in [-0.4, -0.2) is 49.3 Å². The van der Waals surface area contributed by atoms with E-state index in [0.29, 0.717) is 34.3 Å². The maximum atomic E-state index is 12.1. The molecule has 0 radical (unpaired) electrons. The summed E-state index contributed by atoms with van der Waals surface area (Å²) in [6, 6.07) is 11.5. The van der Waals surface area contributed by atoms with Gasteiger partial charge in [-0.3, -0.25) is 0 Å². The standard InChI is InChI=1S/C22H29ClN4O4/c1-22(2,3)24-13-17(28)14-31-19-10-9-16(23)11-15(19)12-25-27-21(29)26-18-7-5-6-8-20(18)30-4/h5-12,17,24,28H,13-14H2,1-4H3,(H2,26,27,29)/b25-12+. The molecule has 2 aromatic carbocycles. The molecule has 2 amide bonds. The number of hydrazone groups is 1. The lowest BCUT2D eigenvalue weighted by molar-refractivity contribution is 0.1000. The predicted molar refractivity (Wildman–Crippen MR) is 123 cm³/mol. The number of methoxy groups -OCH3 is 1. The minimum absolute atomic E-state index is 0.0905. The molecule has 1 unspecified atom stereocenters. The number of β-amino-alcohol motifs (C(OH)–C–C–N with tert-alkyl or cyclic N) is 1. The Bertz CT molecular complexity index is 899. The van der Waals surface area contributed by atoms with E-state index < -0.39 is 12.1 Å². The Balaban J connectivity index is 1.95. The average molecular weight is 449 g/mol. The molecule has 0 saturated heterocycles. The van der Waals surface area contributed by atoms with Crippen molar-refractivity contribution in [1.82, 2.24) is 10.7 Å². The molecular formula is C22H29ClN4O4. The number of benzene rings is 2. The fourth-order valence-electron chi connectivity index (χ4n) is 2.48. The zero-order valence-corrected chi connectivity index (χ0v) is 18.9. The molecule has 2 rings (SSSR count). The number of nitrogens with one attached hydrogen (secondary N) is 3. The fraction of sp³-hybridized carbons (Fsp3) is 0.364. The molecule has 8 nitrogen and oxygen atoms in total. The second kappa shape index (κ2) is 11.5. The van der Waals surface area contributed by atoms with Gasteiger partial charge in [-0.1, -0.05) is 23.7 Å². The lowest BCUT2D eigenvalue weighted by Crippen LogP contribution is -2.42. The van der Waals surface area contributed by atoms with Crippen molar-refractivity contribution in [2.45, 2.75) is 32.4 Å². The van der Waals surface area contributed by atoms with Crippen molar-refractivity contribution in [1.29, 1.82) is 0 Å². The van der Waals surface area contributed by atoms with Gasteiger partial charge in [-0.25, -0.2) is 10.2 Å². The van der Waals surface area contributed by atoms with Gasteiger partial charge in [-0.15, -0.1) is 0 Å². The van der Waals surface area contributed by atoms with Crippen LogP contribution in [0.15, 0.2) is 47.6 Å². The van der Waals surface area contributed by atoms with E-state index in [1.54, 1.807) is 42.5 Å². The van der Waals surface area contributed by atoms with E-state index in [1.807, 2.05) is 20.8 Å². The molecule has 1 atom stereocenters. The van der Waals surface area contributed by atoms with Gasteiger partial charge >= 0.3 is 6.03 Å². The number of carbonyl (C=O) groups is 1. The minimum atomic E-state index is -0.690. The summed E-state index contributed by atoms with van der Waals surface area (Å²) in [5.41, 5.74) is 3.36. The number of ether oxygens (including phenoxy) is 2. The molecule has 31 heavy (non-hydrogen) atoms. The van der Waals surface area contributed by atoms with Crippen molar-refractivity contribution in [3.63, 3.8) is 0 Å². The van der Waals surface area contributed by atoms with Crippen LogP contribution in [0.5, 0.6) is 11.5 Å². The highest BCUT2D eigenvalue weighted by Crippen LogP contribution is 2.23. The zero-order chi connectivity index (χ0) is 22.9. The van der Waals surface area contributed by atoms with Crippen LogP contribution in [0, 0.1) is 0 Å². The number of hydrogen-bond acceptors (Lipinski definition) is 6. The second-order valence-electron chi connectivity index (χ2n) is 7.80. The van der Waals surface area contributed by atoms with Crippen LogP contribution in [0.3, 0.4) is 0 Å². The SMILES string of the molecule is COc1ccccc1NC(=O)N/N=C/c1cc(Cl)ccc1OCC(O)CNC(C)(C)C. The number of hydrogen-bond donors (Lipinski definition) is 4. The first-order valence-electron chi connectivity index (χ1n) is 9.76. The maximum absolute atomic E-state index is 12.1. The molecular weight excluding hydrogens is 420 g/mol. The molecule has 0 saturated carbocycles. The molecule has 0 spiro atoms. The van der Waals surface area contributed by atoms with Crippen LogP contribution in [-0.2, 0) is 0 Å². The fourth-order valence-corrected chi connectivity index (χ4v) is 2.66. The van der Waals surface area contributed by atoms with Gasteiger partial charge in [0.15, 0.2) is 0 Å². The molecule has 0 heterocycles. The second-order valence-corrected chi connectivity index (χ2v) is 8.24. The van der Waals surface area contributed by atoms with Gasteiger partial charge in [-0.2, -0.15) is 5.10 Å². The van der Waals surface area contributed by atoms with Crippen LogP contribution >= 0.6 is 11.6 Å². The van der Waals surface area contributed by atoms with E-state index in [-0.39, 0.29) is 12.1 Å². The van der Waals surface area contributed by atoms with Gasteiger partial charge in [-0.05, 0) is 51.1 Å². The summed E-state index contributed by atoms with van der Waals surface area (Å²) >= 11 is 6.07. The Morgan fingerprint density at radius 2 is 1.97 bits per heavy atom. The van der Waals surface area contributed by atoms with Gasteiger partial charge in [0.25, 0.3) is 0 Å². The topological polar surface area (TPSA) is 104 Å². The summed E-state index contributed by atoms with van der Waals surface area (Å²) in [6.45, 7) is 6.54. The van der Waals surface area contributed by atoms with Crippen LogP contribution < -0.4 is 25.5 Å². The van der Waals surface area contributed by atoms with Crippen LogP contribution in [0.4, 0.5) is 10.5 Å². The predicted octanol–water partition coefficient (Wildman–Crippen LogP) is 3.63. The number of halogens is 1. The Labute approximate surface area is 187 Å². The van der Waals surface area contributed by atoms with Gasteiger partial charge in [0.1, 0.15) is 24.2 Å². The average Bonchev–Trinajstić information content (AvgIpc) is 2.71. The van der Waals surface area contributed by atoms with Crippen LogP contribution in [0.1, 0.15) is 26.3 Å². The van der Waals surface area contributed by atoms with Crippen molar-refractivity contribution >= 4 is 29.5 Å². The Kier molecular flexibility index (Phi) is 9.11. The first-order valence-corrected chi connectivity index (χ1v) is 10.1. The lowest BCUT2D eigenvalue weighted by Gasteiger charge is -2.23. The molecule has 0 bridgehead atoms. The monoisotopic (exact) mass is 448 g/mol. The van der Waals surface area contributed by atoms with E-state index in [1.165, 1.54) is 13.3 Å². The highest BCUT2D eigenvalue weighted by atomic mass is 35.5. The van der Waals surface area contributed by atoms with E-state index >= 15 is 0 Å². The first kappa shape index (κ1) is 24.5. The molecule has 9 heteroatoms. The summed E-state index contributed by atoms with van der Waals surface area (Å²) < 4.78 is 10.9. The zero-order valence-electron chi connectivity index (χ0n) is 18.1. The molecule has 0 aromatic heterocycles. The van der Waals surface area contributed by atoms with Crippen molar-refractivity contribution in [3.05, 3.63) is 53.1 Å². The molecule has 4 N–H and O–H groups in total. The third-order valence-electron chi connectivity index (χ3n) is 4.00. The van der Waals surface area contributed by atoms with Gasteiger partial charge in [0.05, 0.1) is 19.0 Å². The summed E-state index contributed by atoms with van der Waals surface area (Å²) in [7, 11) is 1.52. The number of rotatable bonds is 9. The van der Waals surface area contributed by atoms with Crippen molar-refractivity contribution in [3.8, 4) is 11.5 Å². The number of nitrogens with zero attached hydrogens (tertiary/aromatic N) is 1. The van der Waals surface area contributed by atoms with Gasteiger partial charge in [0.2, 0.25) is 0 Å². The number of anilines is 1. The van der Waals surface area contributed by atoms with Crippen molar-refractivity contribution in [2.24, 2.45) is 5.10 Å².